The van der Waals surface area contributed by atoms with Crippen LogP contribution in [0.15, 0.2) is 48.5 Å². The van der Waals surface area contributed by atoms with Crippen LogP contribution in [-0.2, 0) is 4.79 Å². The summed E-state index contributed by atoms with van der Waals surface area (Å²) in [6, 6.07) is 13.5. The predicted molar refractivity (Wildman–Crippen MR) is 85.1 cm³/mol. The highest BCUT2D eigenvalue weighted by atomic mass is 35.5. The molecule has 0 aliphatic rings. The lowest BCUT2D eigenvalue weighted by Crippen LogP contribution is -2.30. The van der Waals surface area contributed by atoms with Crippen molar-refractivity contribution in [3.05, 3.63) is 59.1 Å². The third-order valence-electron chi connectivity index (χ3n) is 2.92. The van der Waals surface area contributed by atoms with E-state index in [2.05, 4.69) is 5.32 Å². The molecular weight excluding hydrogens is 304 g/mol. The Balaban J connectivity index is 2.10. The topological polar surface area (TPSA) is 81.4 Å². The smallest absolute Gasteiger partial charge is 0.265 e. The summed E-state index contributed by atoms with van der Waals surface area (Å²) in [5.74, 6) is -0.794. The molecule has 2 aromatic carbocycles. The number of primary amides is 1. The van der Waals surface area contributed by atoms with E-state index in [0.717, 1.165) is 0 Å². The predicted octanol–water partition coefficient (Wildman–Crippen LogP) is 2.84. The van der Waals surface area contributed by atoms with Crippen molar-refractivity contribution < 1.29 is 14.3 Å². The Labute approximate surface area is 133 Å². The molecule has 5 nitrogen and oxygen atoms in total. The molecule has 0 saturated heterocycles. The van der Waals surface area contributed by atoms with Gasteiger partial charge in [0.2, 0.25) is 0 Å². The average Bonchev–Trinajstić information content (AvgIpc) is 2.49. The van der Waals surface area contributed by atoms with Crippen LogP contribution in [0.3, 0.4) is 0 Å². The third kappa shape index (κ3) is 3.99. The van der Waals surface area contributed by atoms with Gasteiger partial charge in [-0.2, -0.15) is 0 Å². The Morgan fingerprint density at radius 1 is 1.18 bits per heavy atom. The second kappa shape index (κ2) is 6.95. The first kappa shape index (κ1) is 15.9. The van der Waals surface area contributed by atoms with Gasteiger partial charge in [-0.3, -0.25) is 9.59 Å². The fraction of sp³-hybridized carbons (Fsp3) is 0.125. The van der Waals surface area contributed by atoms with Crippen LogP contribution in [0.2, 0.25) is 5.02 Å². The molecule has 0 saturated carbocycles. The Kier molecular flexibility index (Phi) is 5.01. The van der Waals surface area contributed by atoms with Gasteiger partial charge >= 0.3 is 0 Å². The third-order valence-corrected chi connectivity index (χ3v) is 3.16. The monoisotopic (exact) mass is 318 g/mol. The molecule has 1 atom stereocenters. The SMILES string of the molecule is CC(Oc1ccc(Cl)cc1C(N)=O)C(=O)Nc1ccccc1. The van der Waals surface area contributed by atoms with Crippen molar-refractivity contribution in [1.29, 1.82) is 0 Å². The molecule has 0 aliphatic carbocycles. The van der Waals surface area contributed by atoms with Crippen molar-refractivity contribution in [3.63, 3.8) is 0 Å². The van der Waals surface area contributed by atoms with Gasteiger partial charge in [0.25, 0.3) is 11.8 Å². The fourth-order valence-corrected chi connectivity index (χ4v) is 1.98. The van der Waals surface area contributed by atoms with E-state index in [1.54, 1.807) is 25.1 Å². The van der Waals surface area contributed by atoms with E-state index in [0.29, 0.717) is 10.7 Å². The summed E-state index contributed by atoms with van der Waals surface area (Å²) in [4.78, 5) is 23.5. The first-order chi connectivity index (χ1) is 10.5. The van der Waals surface area contributed by atoms with Crippen molar-refractivity contribution in [2.75, 3.05) is 5.32 Å². The maximum Gasteiger partial charge on any atom is 0.265 e. The summed E-state index contributed by atoms with van der Waals surface area (Å²) < 4.78 is 5.52. The van der Waals surface area contributed by atoms with E-state index in [1.165, 1.54) is 12.1 Å². The zero-order valence-electron chi connectivity index (χ0n) is 11.9. The van der Waals surface area contributed by atoms with E-state index in [-0.39, 0.29) is 17.2 Å². The Morgan fingerprint density at radius 3 is 2.50 bits per heavy atom. The molecule has 0 bridgehead atoms. The maximum absolute atomic E-state index is 12.1. The summed E-state index contributed by atoms with van der Waals surface area (Å²) in [5.41, 5.74) is 6.07. The van der Waals surface area contributed by atoms with Crippen molar-refractivity contribution >= 4 is 29.1 Å². The number of para-hydroxylation sites is 1. The molecule has 2 aromatic rings. The molecular formula is C16H15ClN2O3. The molecule has 3 N–H and O–H groups in total. The van der Waals surface area contributed by atoms with E-state index in [4.69, 9.17) is 22.1 Å². The van der Waals surface area contributed by atoms with Gasteiger partial charge in [0.1, 0.15) is 5.75 Å². The number of hydrogen-bond acceptors (Lipinski definition) is 3. The van der Waals surface area contributed by atoms with Crippen LogP contribution < -0.4 is 15.8 Å². The minimum absolute atomic E-state index is 0.131. The number of carbonyl (C=O) groups excluding carboxylic acids is 2. The highest BCUT2D eigenvalue weighted by molar-refractivity contribution is 6.31. The van der Waals surface area contributed by atoms with Gasteiger partial charge in [-0.15, -0.1) is 0 Å². The van der Waals surface area contributed by atoms with Crippen LogP contribution in [0.4, 0.5) is 5.69 Å². The second-order valence-electron chi connectivity index (χ2n) is 4.62. The van der Waals surface area contributed by atoms with Gasteiger partial charge in [0.05, 0.1) is 5.56 Å². The lowest BCUT2D eigenvalue weighted by molar-refractivity contribution is -0.122. The summed E-state index contributed by atoms with van der Waals surface area (Å²) in [5, 5.41) is 3.08. The maximum atomic E-state index is 12.1. The van der Waals surface area contributed by atoms with Crippen LogP contribution in [-0.4, -0.2) is 17.9 Å². The number of ether oxygens (including phenoxy) is 1. The molecule has 0 aromatic heterocycles. The summed E-state index contributed by atoms with van der Waals surface area (Å²) in [7, 11) is 0. The molecule has 114 valence electrons. The van der Waals surface area contributed by atoms with E-state index >= 15 is 0 Å². The van der Waals surface area contributed by atoms with Crippen LogP contribution in [0.25, 0.3) is 0 Å². The van der Waals surface area contributed by atoms with Crippen molar-refractivity contribution in [1.82, 2.24) is 0 Å². The van der Waals surface area contributed by atoms with Gasteiger partial charge in [-0.1, -0.05) is 29.8 Å². The molecule has 2 amide bonds. The quantitative estimate of drug-likeness (QED) is 0.889. The van der Waals surface area contributed by atoms with Crippen molar-refractivity contribution in [2.24, 2.45) is 5.73 Å². The summed E-state index contributed by atoms with van der Waals surface area (Å²) in [6.07, 6.45) is -0.806. The molecule has 0 heterocycles. The fourth-order valence-electron chi connectivity index (χ4n) is 1.81. The minimum atomic E-state index is -0.806. The minimum Gasteiger partial charge on any atom is -0.480 e. The van der Waals surface area contributed by atoms with Crippen molar-refractivity contribution in [3.8, 4) is 5.75 Å². The Morgan fingerprint density at radius 2 is 1.86 bits per heavy atom. The zero-order valence-corrected chi connectivity index (χ0v) is 12.6. The van der Waals surface area contributed by atoms with Crippen molar-refractivity contribution in [2.45, 2.75) is 13.0 Å². The first-order valence-corrected chi connectivity index (χ1v) is 6.97. The van der Waals surface area contributed by atoms with Crippen LogP contribution in [0.1, 0.15) is 17.3 Å². The number of amides is 2. The highest BCUT2D eigenvalue weighted by Crippen LogP contribution is 2.23. The zero-order chi connectivity index (χ0) is 16.1. The number of anilines is 1. The number of nitrogens with two attached hydrogens (primary N) is 1. The number of rotatable bonds is 5. The van der Waals surface area contributed by atoms with Gasteiger partial charge in [-0.05, 0) is 37.3 Å². The first-order valence-electron chi connectivity index (χ1n) is 6.59. The second-order valence-corrected chi connectivity index (χ2v) is 5.06. The molecule has 6 heteroatoms. The highest BCUT2D eigenvalue weighted by Gasteiger charge is 2.18. The molecule has 1 unspecified atom stereocenters. The number of halogens is 1. The Bertz CT molecular complexity index is 689. The van der Waals surface area contributed by atoms with Gasteiger partial charge in [0.15, 0.2) is 6.10 Å². The number of hydrogen-bond donors (Lipinski definition) is 2. The van der Waals surface area contributed by atoms with Crippen LogP contribution in [0, 0.1) is 0 Å². The number of nitrogens with one attached hydrogen (secondary N) is 1. The van der Waals surface area contributed by atoms with E-state index in [9.17, 15) is 9.59 Å². The summed E-state index contributed by atoms with van der Waals surface area (Å²) >= 11 is 5.82. The van der Waals surface area contributed by atoms with Crippen LogP contribution in [0.5, 0.6) is 5.75 Å². The molecule has 2 rings (SSSR count). The number of benzene rings is 2. The van der Waals surface area contributed by atoms with E-state index in [1.807, 2.05) is 18.2 Å². The Hall–Kier alpha value is -2.53. The molecule has 22 heavy (non-hydrogen) atoms. The van der Waals surface area contributed by atoms with Gasteiger partial charge in [-0.25, -0.2) is 0 Å². The van der Waals surface area contributed by atoms with Gasteiger partial charge in [0, 0.05) is 10.7 Å². The molecule has 0 aliphatic heterocycles. The normalized spacial score (nSPS) is 11.5. The molecule has 0 fully saturated rings. The molecule has 0 spiro atoms. The van der Waals surface area contributed by atoms with Gasteiger partial charge < -0.3 is 15.8 Å². The largest absolute Gasteiger partial charge is 0.480 e. The average molecular weight is 319 g/mol. The van der Waals surface area contributed by atoms with Crippen LogP contribution >= 0.6 is 11.6 Å². The number of carbonyl (C=O) groups is 2. The standard InChI is InChI=1S/C16H15ClN2O3/c1-10(16(21)19-12-5-3-2-4-6-12)22-14-8-7-11(17)9-13(14)15(18)20/h2-10H,1H3,(H2,18,20)(H,19,21). The summed E-state index contributed by atoms with van der Waals surface area (Å²) in [6.45, 7) is 1.58. The lowest BCUT2D eigenvalue weighted by atomic mass is 10.2. The lowest BCUT2D eigenvalue weighted by Gasteiger charge is -2.16. The molecule has 0 radical (unpaired) electrons. The van der Waals surface area contributed by atoms with E-state index < -0.39 is 12.0 Å².